The van der Waals surface area contributed by atoms with E-state index in [2.05, 4.69) is 29.2 Å². The monoisotopic (exact) mass is 378 g/mol. The van der Waals surface area contributed by atoms with Crippen molar-refractivity contribution in [3.63, 3.8) is 0 Å². The van der Waals surface area contributed by atoms with Crippen LogP contribution in [0.2, 0.25) is 5.02 Å². The summed E-state index contributed by atoms with van der Waals surface area (Å²) in [4.78, 5) is 18.7. The summed E-state index contributed by atoms with van der Waals surface area (Å²) in [6.07, 6.45) is 0. The Labute approximate surface area is 163 Å². The minimum atomic E-state index is 0.131. The van der Waals surface area contributed by atoms with E-state index in [1.807, 2.05) is 41.3 Å². The summed E-state index contributed by atoms with van der Waals surface area (Å²) in [7, 11) is 0. The van der Waals surface area contributed by atoms with Crippen molar-refractivity contribution in [1.82, 2.24) is 0 Å². The molecule has 4 nitrogen and oxygen atoms in total. The first-order valence-electron chi connectivity index (χ1n) is 9.38. The average molecular weight is 379 g/mol. The Kier molecular flexibility index (Phi) is 4.03. The summed E-state index contributed by atoms with van der Waals surface area (Å²) >= 11 is 6.13. The molecule has 3 aromatic rings. The SMILES string of the molecule is O=C1c2cccc3cccc(c23)N1C[NH+]1CCN(c2cccc(Cl)c2)CC1. The number of carbonyl (C=O) groups is 1. The number of nitrogens with zero attached hydrogens (tertiary/aromatic N) is 2. The molecule has 0 unspecified atom stereocenters. The van der Waals surface area contributed by atoms with Gasteiger partial charge in [-0.05, 0) is 35.7 Å². The number of nitrogens with one attached hydrogen (secondary N) is 1. The third kappa shape index (κ3) is 2.85. The lowest BCUT2D eigenvalue weighted by Gasteiger charge is -2.35. The van der Waals surface area contributed by atoms with Gasteiger partial charge >= 0.3 is 0 Å². The van der Waals surface area contributed by atoms with Gasteiger partial charge in [0.05, 0.1) is 37.4 Å². The van der Waals surface area contributed by atoms with E-state index in [-0.39, 0.29) is 5.91 Å². The fourth-order valence-electron chi connectivity index (χ4n) is 4.27. The van der Waals surface area contributed by atoms with Crippen molar-refractivity contribution in [2.45, 2.75) is 0 Å². The number of benzene rings is 3. The van der Waals surface area contributed by atoms with Gasteiger partial charge in [-0.3, -0.25) is 9.69 Å². The molecule has 1 N–H and O–H groups in total. The molecule has 3 aromatic carbocycles. The minimum Gasteiger partial charge on any atom is -0.360 e. The molecule has 27 heavy (non-hydrogen) atoms. The van der Waals surface area contributed by atoms with Gasteiger partial charge in [-0.2, -0.15) is 0 Å². The smallest absolute Gasteiger partial charge is 0.263 e. The van der Waals surface area contributed by atoms with Gasteiger partial charge < -0.3 is 9.80 Å². The minimum absolute atomic E-state index is 0.131. The van der Waals surface area contributed by atoms with Crippen LogP contribution in [0.5, 0.6) is 0 Å². The molecule has 0 atom stereocenters. The maximum atomic E-state index is 13.0. The van der Waals surface area contributed by atoms with E-state index in [1.54, 1.807) is 0 Å². The maximum absolute atomic E-state index is 13.0. The number of amides is 1. The fourth-order valence-corrected chi connectivity index (χ4v) is 4.46. The van der Waals surface area contributed by atoms with E-state index in [0.717, 1.165) is 59.9 Å². The van der Waals surface area contributed by atoms with Crippen LogP contribution in [-0.4, -0.2) is 38.8 Å². The molecule has 2 aliphatic heterocycles. The highest BCUT2D eigenvalue weighted by molar-refractivity contribution is 6.30. The molecule has 1 amide bonds. The Morgan fingerprint density at radius 2 is 1.70 bits per heavy atom. The largest absolute Gasteiger partial charge is 0.360 e. The maximum Gasteiger partial charge on any atom is 0.263 e. The van der Waals surface area contributed by atoms with Crippen LogP contribution in [0.1, 0.15) is 10.4 Å². The summed E-state index contributed by atoms with van der Waals surface area (Å²) in [6, 6.07) is 20.2. The number of carbonyl (C=O) groups excluding carboxylic acids is 1. The zero-order chi connectivity index (χ0) is 18.4. The van der Waals surface area contributed by atoms with Crippen LogP contribution in [-0.2, 0) is 0 Å². The van der Waals surface area contributed by atoms with Gasteiger partial charge in [0.2, 0.25) is 0 Å². The average Bonchev–Trinajstić information content (AvgIpc) is 2.97. The van der Waals surface area contributed by atoms with E-state index >= 15 is 0 Å². The summed E-state index contributed by atoms with van der Waals surface area (Å²) in [5, 5.41) is 3.01. The van der Waals surface area contributed by atoms with Gasteiger partial charge in [0.1, 0.15) is 0 Å². The van der Waals surface area contributed by atoms with Crippen LogP contribution >= 0.6 is 11.6 Å². The number of quaternary nitrogens is 1. The number of hydrogen-bond acceptors (Lipinski definition) is 2. The highest BCUT2D eigenvalue weighted by Crippen LogP contribution is 2.36. The van der Waals surface area contributed by atoms with Crippen molar-refractivity contribution >= 4 is 39.7 Å². The Balaban J connectivity index is 1.32. The van der Waals surface area contributed by atoms with Crippen LogP contribution < -0.4 is 14.7 Å². The summed E-state index contributed by atoms with van der Waals surface area (Å²) in [5.41, 5.74) is 3.06. The lowest BCUT2D eigenvalue weighted by molar-refractivity contribution is -0.899. The molecule has 5 rings (SSSR count). The van der Waals surface area contributed by atoms with Crippen molar-refractivity contribution in [2.24, 2.45) is 0 Å². The molecule has 2 heterocycles. The number of halogens is 1. The Morgan fingerprint density at radius 1 is 0.963 bits per heavy atom. The van der Waals surface area contributed by atoms with Gasteiger partial charge in [0, 0.05) is 16.1 Å². The molecular formula is C22H21ClN3O+. The van der Waals surface area contributed by atoms with Gasteiger partial charge in [0.15, 0.2) is 6.67 Å². The zero-order valence-corrected chi connectivity index (χ0v) is 15.7. The van der Waals surface area contributed by atoms with E-state index in [4.69, 9.17) is 11.6 Å². The van der Waals surface area contributed by atoms with Crippen LogP contribution in [0.25, 0.3) is 10.8 Å². The van der Waals surface area contributed by atoms with Gasteiger partial charge in [0.25, 0.3) is 5.91 Å². The first-order valence-corrected chi connectivity index (χ1v) is 9.76. The molecule has 0 bridgehead atoms. The first kappa shape index (κ1) is 16.6. The lowest BCUT2D eigenvalue weighted by atomic mass is 10.1. The van der Waals surface area contributed by atoms with Gasteiger partial charge in [-0.25, -0.2) is 0 Å². The predicted molar refractivity (Wildman–Crippen MR) is 110 cm³/mol. The Morgan fingerprint density at radius 3 is 2.48 bits per heavy atom. The molecule has 0 saturated carbocycles. The van der Waals surface area contributed by atoms with E-state index < -0.39 is 0 Å². The topological polar surface area (TPSA) is 28.0 Å². The molecular weight excluding hydrogens is 358 g/mol. The second-order valence-electron chi connectivity index (χ2n) is 7.29. The van der Waals surface area contributed by atoms with Crippen LogP contribution in [0, 0.1) is 0 Å². The molecule has 0 radical (unpaired) electrons. The molecule has 5 heteroatoms. The van der Waals surface area contributed by atoms with Crippen molar-refractivity contribution < 1.29 is 9.69 Å². The van der Waals surface area contributed by atoms with E-state index in [0.29, 0.717) is 0 Å². The Hall–Kier alpha value is -2.56. The lowest BCUT2D eigenvalue weighted by Crippen LogP contribution is -3.16. The van der Waals surface area contributed by atoms with E-state index in [9.17, 15) is 4.79 Å². The zero-order valence-electron chi connectivity index (χ0n) is 15.0. The molecule has 136 valence electrons. The first-order chi connectivity index (χ1) is 13.2. The van der Waals surface area contributed by atoms with E-state index in [1.165, 1.54) is 10.6 Å². The third-order valence-corrected chi connectivity index (χ3v) is 5.91. The molecule has 0 aliphatic carbocycles. The molecule has 0 spiro atoms. The number of rotatable bonds is 3. The Bertz CT molecular complexity index is 1020. The van der Waals surface area contributed by atoms with Crippen molar-refractivity contribution in [3.05, 3.63) is 71.2 Å². The molecule has 0 aromatic heterocycles. The number of hydrogen-bond donors (Lipinski definition) is 1. The number of anilines is 2. The standard InChI is InChI=1S/C22H20ClN3O/c23-17-6-3-7-18(14-17)25-12-10-24(11-13-25)15-26-20-9-2-5-16-4-1-8-19(21(16)20)22(26)27/h1-9,14H,10-13,15H2/p+1. The van der Waals surface area contributed by atoms with Crippen LogP contribution in [0.15, 0.2) is 60.7 Å². The second kappa shape index (κ2) is 6.55. The van der Waals surface area contributed by atoms with Gasteiger partial charge in [-0.1, -0.05) is 41.9 Å². The molecule has 1 fully saturated rings. The summed E-state index contributed by atoms with van der Waals surface area (Å²) < 4.78 is 0. The predicted octanol–water partition coefficient (Wildman–Crippen LogP) is 2.82. The number of piperazine rings is 1. The molecule has 2 aliphatic rings. The van der Waals surface area contributed by atoms with Crippen molar-refractivity contribution in [2.75, 3.05) is 42.6 Å². The highest BCUT2D eigenvalue weighted by atomic mass is 35.5. The summed E-state index contributed by atoms with van der Waals surface area (Å²) in [5.74, 6) is 0.131. The normalized spacial score (nSPS) is 17.1. The fraction of sp³-hybridized carbons (Fsp3) is 0.227. The highest BCUT2D eigenvalue weighted by Gasteiger charge is 2.33. The quantitative estimate of drug-likeness (QED) is 0.759. The van der Waals surface area contributed by atoms with Crippen LogP contribution in [0.4, 0.5) is 11.4 Å². The van der Waals surface area contributed by atoms with Crippen molar-refractivity contribution in [1.29, 1.82) is 0 Å². The van der Waals surface area contributed by atoms with Crippen LogP contribution in [0.3, 0.4) is 0 Å². The van der Waals surface area contributed by atoms with Gasteiger partial charge in [-0.15, -0.1) is 0 Å². The second-order valence-corrected chi connectivity index (χ2v) is 7.73. The van der Waals surface area contributed by atoms with Crippen molar-refractivity contribution in [3.8, 4) is 0 Å². The summed E-state index contributed by atoms with van der Waals surface area (Å²) in [6.45, 7) is 4.66. The third-order valence-electron chi connectivity index (χ3n) is 5.67. The molecule has 1 saturated heterocycles.